The van der Waals surface area contributed by atoms with Gasteiger partial charge in [-0.1, -0.05) is 54.4 Å². The third kappa shape index (κ3) is 4.51. The normalized spacial score (nSPS) is 13.2. The van der Waals surface area contributed by atoms with Gasteiger partial charge in [-0.15, -0.1) is 0 Å². The van der Waals surface area contributed by atoms with E-state index < -0.39 is 6.10 Å². The minimum absolute atomic E-state index is 0.0320. The lowest BCUT2D eigenvalue weighted by molar-refractivity contribution is -0.128. The molecular formula is C20H24ClNO2. The maximum Gasteiger partial charge on any atom is 0.261 e. The molecule has 24 heavy (non-hydrogen) atoms. The molecular weight excluding hydrogens is 322 g/mol. The first-order chi connectivity index (χ1) is 11.4. The average molecular weight is 346 g/mol. The molecule has 1 amide bonds. The van der Waals surface area contributed by atoms with Crippen LogP contribution in [0.25, 0.3) is 0 Å². The van der Waals surface area contributed by atoms with E-state index >= 15 is 0 Å². The third-order valence-corrected chi connectivity index (χ3v) is 4.35. The van der Waals surface area contributed by atoms with E-state index in [1.807, 2.05) is 12.1 Å². The van der Waals surface area contributed by atoms with Crippen LogP contribution < -0.4 is 10.1 Å². The zero-order valence-electron chi connectivity index (χ0n) is 14.6. The first-order valence-electron chi connectivity index (χ1n) is 8.21. The molecule has 2 atom stereocenters. The molecule has 128 valence electrons. The Balaban J connectivity index is 2.07. The van der Waals surface area contributed by atoms with Gasteiger partial charge in [0.2, 0.25) is 0 Å². The van der Waals surface area contributed by atoms with E-state index in [4.69, 9.17) is 16.3 Å². The van der Waals surface area contributed by atoms with Crippen LogP contribution in [0, 0.1) is 13.8 Å². The van der Waals surface area contributed by atoms with Crippen molar-refractivity contribution in [3.05, 3.63) is 64.2 Å². The van der Waals surface area contributed by atoms with Gasteiger partial charge in [-0.3, -0.25) is 4.79 Å². The van der Waals surface area contributed by atoms with Crippen LogP contribution in [0.5, 0.6) is 5.75 Å². The fraction of sp³-hybridized carbons (Fsp3) is 0.350. The van der Waals surface area contributed by atoms with Gasteiger partial charge >= 0.3 is 0 Å². The molecule has 0 fully saturated rings. The number of rotatable bonds is 6. The maximum atomic E-state index is 12.5. The van der Waals surface area contributed by atoms with E-state index in [-0.39, 0.29) is 11.9 Å². The van der Waals surface area contributed by atoms with Gasteiger partial charge in [-0.05, 0) is 50.5 Å². The Morgan fingerprint density at radius 1 is 1.21 bits per heavy atom. The van der Waals surface area contributed by atoms with Crippen molar-refractivity contribution in [2.75, 3.05) is 0 Å². The Kier molecular flexibility index (Phi) is 6.27. The quantitative estimate of drug-likeness (QED) is 0.800. The van der Waals surface area contributed by atoms with Gasteiger partial charge in [0.1, 0.15) is 5.75 Å². The Morgan fingerprint density at radius 3 is 2.54 bits per heavy atom. The lowest BCUT2D eigenvalue weighted by Gasteiger charge is -2.23. The van der Waals surface area contributed by atoms with E-state index in [1.54, 1.807) is 19.1 Å². The molecule has 4 heteroatoms. The van der Waals surface area contributed by atoms with Gasteiger partial charge in [0.25, 0.3) is 5.91 Å². The Hall–Kier alpha value is -2.00. The number of ether oxygens (including phenoxy) is 1. The SMILES string of the molecule is CC[C@@H](NC(=O)[C@@H](C)Oc1ccccc1Cl)c1ccc(C)cc1C. The van der Waals surface area contributed by atoms with Crippen molar-refractivity contribution in [1.82, 2.24) is 5.32 Å². The number of benzene rings is 2. The summed E-state index contributed by atoms with van der Waals surface area (Å²) in [4.78, 5) is 12.5. The summed E-state index contributed by atoms with van der Waals surface area (Å²) in [7, 11) is 0. The van der Waals surface area contributed by atoms with Crippen LogP contribution in [0.4, 0.5) is 0 Å². The Labute approximate surface area is 149 Å². The van der Waals surface area contributed by atoms with E-state index in [9.17, 15) is 4.79 Å². The highest BCUT2D eigenvalue weighted by atomic mass is 35.5. The Morgan fingerprint density at radius 2 is 1.92 bits per heavy atom. The molecule has 0 unspecified atom stereocenters. The van der Waals surface area contributed by atoms with Crippen molar-refractivity contribution in [2.24, 2.45) is 0 Å². The van der Waals surface area contributed by atoms with Crippen LogP contribution >= 0.6 is 11.6 Å². The molecule has 2 aromatic carbocycles. The summed E-state index contributed by atoms with van der Waals surface area (Å²) < 4.78 is 5.69. The van der Waals surface area contributed by atoms with Gasteiger partial charge in [0, 0.05) is 0 Å². The molecule has 0 heterocycles. The number of aryl methyl sites for hydroxylation is 2. The van der Waals surface area contributed by atoms with Crippen molar-refractivity contribution in [2.45, 2.75) is 46.3 Å². The number of carbonyl (C=O) groups excluding carboxylic acids is 1. The fourth-order valence-corrected chi connectivity index (χ4v) is 2.87. The highest BCUT2D eigenvalue weighted by Crippen LogP contribution is 2.25. The van der Waals surface area contributed by atoms with Crippen LogP contribution in [0.3, 0.4) is 0 Å². The predicted octanol–water partition coefficient (Wildman–Crippen LogP) is 4.99. The van der Waals surface area contributed by atoms with Crippen molar-refractivity contribution in [1.29, 1.82) is 0 Å². The van der Waals surface area contributed by atoms with Gasteiger partial charge < -0.3 is 10.1 Å². The minimum Gasteiger partial charge on any atom is -0.479 e. The van der Waals surface area contributed by atoms with Gasteiger partial charge in [0.15, 0.2) is 6.10 Å². The standard InChI is InChI=1S/C20H24ClNO2/c1-5-18(16-11-10-13(2)12-14(16)3)22-20(23)15(4)24-19-9-7-6-8-17(19)21/h6-12,15,18H,5H2,1-4H3,(H,22,23)/t15-,18-/m1/s1. The number of halogens is 1. The van der Waals surface area contributed by atoms with E-state index in [2.05, 4.69) is 44.3 Å². The highest BCUT2D eigenvalue weighted by molar-refractivity contribution is 6.32. The number of hydrogen-bond acceptors (Lipinski definition) is 2. The van der Waals surface area contributed by atoms with Gasteiger partial charge in [-0.2, -0.15) is 0 Å². The van der Waals surface area contributed by atoms with E-state index in [0.29, 0.717) is 10.8 Å². The summed E-state index contributed by atoms with van der Waals surface area (Å²) in [5, 5.41) is 3.57. The molecule has 0 bridgehead atoms. The monoisotopic (exact) mass is 345 g/mol. The lowest BCUT2D eigenvalue weighted by atomic mass is 9.97. The van der Waals surface area contributed by atoms with Gasteiger partial charge in [0.05, 0.1) is 11.1 Å². The third-order valence-electron chi connectivity index (χ3n) is 4.04. The summed E-state index contributed by atoms with van der Waals surface area (Å²) in [6.07, 6.45) is 0.193. The molecule has 0 aliphatic heterocycles. The minimum atomic E-state index is -0.621. The predicted molar refractivity (Wildman–Crippen MR) is 98.6 cm³/mol. The second-order valence-electron chi connectivity index (χ2n) is 6.02. The lowest BCUT2D eigenvalue weighted by Crippen LogP contribution is -2.38. The van der Waals surface area contributed by atoms with Crippen LogP contribution in [0.15, 0.2) is 42.5 Å². The van der Waals surface area contributed by atoms with Crippen LogP contribution in [-0.2, 0) is 4.79 Å². The van der Waals surface area contributed by atoms with Crippen LogP contribution in [-0.4, -0.2) is 12.0 Å². The highest BCUT2D eigenvalue weighted by Gasteiger charge is 2.21. The summed E-state index contributed by atoms with van der Waals surface area (Å²) in [6, 6.07) is 13.4. The van der Waals surface area contributed by atoms with E-state index in [1.165, 1.54) is 11.1 Å². The second-order valence-corrected chi connectivity index (χ2v) is 6.43. The molecule has 0 spiro atoms. The topological polar surface area (TPSA) is 38.3 Å². The van der Waals surface area contributed by atoms with Crippen LogP contribution in [0.1, 0.15) is 43.0 Å². The number of carbonyl (C=O) groups is 1. The van der Waals surface area contributed by atoms with Crippen LogP contribution in [0.2, 0.25) is 5.02 Å². The zero-order chi connectivity index (χ0) is 17.7. The number of nitrogens with one attached hydrogen (secondary N) is 1. The number of para-hydroxylation sites is 1. The molecule has 0 aliphatic rings. The molecule has 0 radical (unpaired) electrons. The maximum absolute atomic E-state index is 12.5. The molecule has 0 saturated carbocycles. The first-order valence-corrected chi connectivity index (χ1v) is 8.59. The fourth-order valence-electron chi connectivity index (χ4n) is 2.69. The summed E-state index contributed by atoms with van der Waals surface area (Å²) in [5.74, 6) is 0.364. The second kappa shape index (κ2) is 8.20. The largest absolute Gasteiger partial charge is 0.479 e. The van der Waals surface area contributed by atoms with Crippen molar-refractivity contribution < 1.29 is 9.53 Å². The van der Waals surface area contributed by atoms with Crippen molar-refractivity contribution >= 4 is 17.5 Å². The summed E-state index contributed by atoms with van der Waals surface area (Å²) in [5.41, 5.74) is 3.54. The zero-order valence-corrected chi connectivity index (χ0v) is 15.4. The van der Waals surface area contributed by atoms with Crippen molar-refractivity contribution in [3.8, 4) is 5.75 Å². The van der Waals surface area contributed by atoms with Gasteiger partial charge in [-0.25, -0.2) is 0 Å². The van der Waals surface area contributed by atoms with Crippen molar-refractivity contribution in [3.63, 3.8) is 0 Å². The number of hydrogen-bond donors (Lipinski definition) is 1. The number of amides is 1. The van der Waals surface area contributed by atoms with E-state index in [0.717, 1.165) is 12.0 Å². The molecule has 2 rings (SSSR count). The Bertz CT molecular complexity index is 715. The summed E-state index contributed by atoms with van der Waals surface area (Å²) in [6.45, 7) is 7.92. The molecule has 0 saturated heterocycles. The molecule has 2 aromatic rings. The molecule has 0 aliphatic carbocycles. The first kappa shape index (κ1) is 18.3. The summed E-state index contributed by atoms with van der Waals surface area (Å²) >= 11 is 6.08. The smallest absolute Gasteiger partial charge is 0.261 e. The molecule has 3 nitrogen and oxygen atoms in total. The average Bonchev–Trinajstić information content (AvgIpc) is 2.55. The molecule has 1 N–H and O–H groups in total. The molecule has 0 aromatic heterocycles.